The van der Waals surface area contributed by atoms with E-state index < -0.39 is 16.0 Å². The fourth-order valence-corrected chi connectivity index (χ4v) is 2.63. The molecular weight excluding hydrogens is 282 g/mol. The van der Waals surface area contributed by atoms with Crippen LogP contribution in [-0.4, -0.2) is 29.3 Å². The Labute approximate surface area is 115 Å². The molecule has 1 aromatic carbocycles. The average molecular weight is 295 g/mol. The van der Waals surface area contributed by atoms with Gasteiger partial charge in [-0.15, -0.1) is 0 Å². The predicted octanol–water partition coefficient (Wildman–Crippen LogP) is 1.08. The number of sulfonamides is 1. The lowest BCUT2D eigenvalue weighted by Gasteiger charge is -2.06. The maximum atomic E-state index is 12.1. The molecule has 0 bridgehead atoms. The number of aliphatic carboxylic acids is 1. The van der Waals surface area contributed by atoms with Crippen LogP contribution in [0.25, 0.3) is 0 Å². The molecule has 0 aliphatic heterocycles. The Hall–Kier alpha value is -2.35. The number of nitrogens with one attached hydrogen (secondary N) is 1. The molecule has 2 N–H and O–H groups in total. The molecule has 1 aromatic heterocycles. The summed E-state index contributed by atoms with van der Waals surface area (Å²) in [6, 6.07) is 6.91. The highest BCUT2D eigenvalue weighted by molar-refractivity contribution is 7.92. The second-order valence-corrected chi connectivity index (χ2v) is 5.92. The summed E-state index contributed by atoms with van der Waals surface area (Å²) >= 11 is 0. The Morgan fingerprint density at radius 2 is 2.20 bits per heavy atom. The van der Waals surface area contributed by atoms with Crippen LogP contribution in [0.4, 0.5) is 5.69 Å². The topological polar surface area (TPSA) is 101 Å². The average Bonchev–Trinajstić information content (AvgIpc) is 2.76. The highest BCUT2D eigenvalue weighted by Gasteiger charge is 2.17. The Balaban J connectivity index is 2.22. The molecule has 0 spiro atoms. The van der Waals surface area contributed by atoms with Gasteiger partial charge in [0.25, 0.3) is 10.0 Å². The molecule has 106 valence electrons. The fraction of sp³-hybridized carbons (Fsp3) is 0.167. The van der Waals surface area contributed by atoms with Crippen molar-refractivity contribution in [1.29, 1.82) is 0 Å². The third kappa shape index (κ3) is 3.35. The summed E-state index contributed by atoms with van der Waals surface area (Å²) in [4.78, 5) is 10.4. The Kier molecular flexibility index (Phi) is 3.75. The normalized spacial score (nSPS) is 11.2. The van der Waals surface area contributed by atoms with E-state index in [2.05, 4.69) is 9.82 Å². The number of hydrogen-bond acceptors (Lipinski definition) is 4. The second-order valence-electron chi connectivity index (χ2n) is 4.24. The van der Waals surface area contributed by atoms with Gasteiger partial charge in [0.05, 0.1) is 6.20 Å². The first-order valence-corrected chi connectivity index (χ1v) is 7.19. The summed E-state index contributed by atoms with van der Waals surface area (Å²) < 4.78 is 27.7. The van der Waals surface area contributed by atoms with Gasteiger partial charge in [-0.2, -0.15) is 5.10 Å². The monoisotopic (exact) mass is 295 g/mol. The van der Waals surface area contributed by atoms with Crippen LogP contribution in [0.2, 0.25) is 0 Å². The summed E-state index contributed by atoms with van der Waals surface area (Å²) in [5.74, 6) is -1.09. The van der Waals surface area contributed by atoms with Gasteiger partial charge >= 0.3 is 5.97 Å². The van der Waals surface area contributed by atoms with Crippen LogP contribution in [-0.2, 0) is 21.4 Å². The Morgan fingerprint density at radius 3 is 2.85 bits per heavy atom. The zero-order valence-electron chi connectivity index (χ0n) is 10.6. The van der Waals surface area contributed by atoms with Crippen LogP contribution in [0.1, 0.15) is 5.56 Å². The quantitative estimate of drug-likeness (QED) is 0.859. The van der Waals surface area contributed by atoms with E-state index in [1.807, 2.05) is 13.0 Å². The first-order valence-electron chi connectivity index (χ1n) is 5.70. The van der Waals surface area contributed by atoms with E-state index >= 15 is 0 Å². The van der Waals surface area contributed by atoms with Crippen molar-refractivity contribution in [2.45, 2.75) is 18.4 Å². The third-order valence-corrected chi connectivity index (χ3v) is 3.82. The number of benzene rings is 1. The fourth-order valence-electron chi connectivity index (χ4n) is 1.63. The van der Waals surface area contributed by atoms with Crippen molar-refractivity contribution in [3.63, 3.8) is 0 Å². The lowest BCUT2D eigenvalue weighted by atomic mass is 10.2. The van der Waals surface area contributed by atoms with Gasteiger partial charge in [-0.1, -0.05) is 12.1 Å². The van der Waals surface area contributed by atoms with Crippen molar-refractivity contribution < 1.29 is 18.3 Å². The van der Waals surface area contributed by atoms with Gasteiger partial charge in [0, 0.05) is 11.9 Å². The molecule has 0 atom stereocenters. The van der Waals surface area contributed by atoms with Crippen LogP contribution in [0, 0.1) is 6.92 Å². The first kappa shape index (κ1) is 14.1. The Morgan fingerprint density at radius 1 is 1.45 bits per heavy atom. The minimum Gasteiger partial charge on any atom is -0.480 e. The number of hydrogen-bond donors (Lipinski definition) is 2. The van der Waals surface area contributed by atoms with E-state index in [9.17, 15) is 13.2 Å². The summed E-state index contributed by atoms with van der Waals surface area (Å²) in [6.45, 7) is 1.46. The molecule has 0 fully saturated rings. The van der Waals surface area contributed by atoms with Gasteiger partial charge in [0.15, 0.2) is 0 Å². The van der Waals surface area contributed by atoms with Crippen molar-refractivity contribution in [3.8, 4) is 0 Å². The van der Waals surface area contributed by atoms with Crippen molar-refractivity contribution in [2.24, 2.45) is 0 Å². The zero-order chi connectivity index (χ0) is 14.8. The van der Waals surface area contributed by atoms with E-state index in [0.717, 1.165) is 16.4 Å². The summed E-state index contributed by atoms with van der Waals surface area (Å²) in [6.07, 6.45) is 2.29. The molecule has 8 heteroatoms. The molecular formula is C12H13N3O4S. The molecule has 2 aromatic rings. The smallest absolute Gasteiger partial charge is 0.325 e. The van der Waals surface area contributed by atoms with E-state index in [1.165, 1.54) is 6.20 Å². The molecule has 1 heterocycles. The number of carbonyl (C=O) groups is 1. The van der Waals surface area contributed by atoms with Gasteiger partial charge < -0.3 is 5.11 Å². The molecule has 7 nitrogen and oxygen atoms in total. The van der Waals surface area contributed by atoms with E-state index in [-0.39, 0.29) is 11.4 Å². The molecule has 0 radical (unpaired) electrons. The maximum absolute atomic E-state index is 12.1. The van der Waals surface area contributed by atoms with Gasteiger partial charge in [0.1, 0.15) is 11.4 Å². The molecule has 0 unspecified atom stereocenters. The van der Waals surface area contributed by atoms with Crippen molar-refractivity contribution in [2.75, 3.05) is 4.72 Å². The van der Waals surface area contributed by atoms with Gasteiger partial charge in [-0.05, 0) is 24.6 Å². The SMILES string of the molecule is Cc1cccc(NS(=O)(=O)c2cnn(CC(=O)O)c2)c1. The van der Waals surface area contributed by atoms with Crippen molar-refractivity contribution in [1.82, 2.24) is 9.78 Å². The molecule has 2 rings (SSSR count). The third-order valence-electron chi connectivity index (χ3n) is 2.49. The number of anilines is 1. The predicted molar refractivity (Wildman–Crippen MR) is 71.9 cm³/mol. The van der Waals surface area contributed by atoms with Gasteiger partial charge in [-0.25, -0.2) is 8.42 Å². The molecule has 20 heavy (non-hydrogen) atoms. The van der Waals surface area contributed by atoms with Crippen LogP contribution < -0.4 is 4.72 Å². The highest BCUT2D eigenvalue weighted by Crippen LogP contribution is 2.16. The summed E-state index contributed by atoms with van der Waals surface area (Å²) in [5.41, 5.74) is 1.36. The molecule has 0 aliphatic rings. The molecule has 0 amide bonds. The van der Waals surface area contributed by atoms with Crippen LogP contribution in [0.5, 0.6) is 0 Å². The first-order chi connectivity index (χ1) is 9.37. The van der Waals surface area contributed by atoms with Crippen LogP contribution in [0.3, 0.4) is 0 Å². The van der Waals surface area contributed by atoms with Crippen LogP contribution in [0.15, 0.2) is 41.6 Å². The van der Waals surface area contributed by atoms with Crippen LogP contribution >= 0.6 is 0 Å². The lowest BCUT2D eigenvalue weighted by Crippen LogP contribution is -2.13. The zero-order valence-corrected chi connectivity index (χ0v) is 11.5. The van der Waals surface area contributed by atoms with E-state index in [1.54, 1.807) is 18.2 Å². The highest BCUT2D eigenvalue weighted by atomic mass is 32.2. The maximum Gasteiger partial charge on any atom is 0.325 e. The van der Waals surface area contributed by atoms with Crippen molar-refractivity contribution >= 4 is 21.7 Å². The molecule has 0 aliphatic carbocycles. The minimum atomic E-state index is -3.77. The minimum absolute atomic E-state index is 0.0831. The number of rotatable bonds is 5. The Bertz CT molecular complexity index is 737. The molecule has 0 saturated heterocycles. The number of aryl methyl sites for hydroxylation is 1. The van der Waals surface area contributed by atoms with E-state index in [4.69, 9.17) is 5.11 Å². The van der Waals surface area contributed by atoms with E-state index in [0.29, 0.717) is 5.69 Å². The number of aromatic nitrogens is 2. The summed E-state index contributed by atoms with van der Waals surface area (Å²) in [7, 11) is -3.77. The van der Waals surface area contributed by atoms with Gasteiger partial charge in [0.2, 0.25) is 0 Å². The summed E-state index contributed by atoms with van der Waals surface area (Å²) in [5, 5.41) is 12.3. The van der Waals surface area contributed by atoms with Crippen molar-refractivity contribution in [3.05, 3.63) is 42.2 Å². The number of carboxylic acid groups (broad SMARTS) is 1. The number of carboxylic acids is 1. The van der Waals surface area contributed by atoms with Gasteiger partial charge in [-0.3, -0.25) is 14.2 Å². The number of nitrogens with zero attached hydrogens (tertiary/aromatic N) is 2. The second kappa shape index (κ2) is 5.33. The molecule has 0 saturated carbocycles. The standard InChI is InChI=1S/C12H13N3O4S/c1-9-3-2-4-10(5-9)14-20(18,19)11-6-13-15(7-11)8-12(16)17/h2-7,14H,8H2,1H3,(H,16,17). The lowest BCUT2D eigenvalue weighted by molar-refractivity contribution is -0.137. The largest absolute Gasteiger partial charge is 0.480 e.